The van der Waals surface area contributed by atoms with Gasteiger partial charge in [-0.1, -0.05) is 41.2 Å². The molecule has 2 aromatic carbocycles. The summed E-state index contributed by atoms with van der Waals surface area (Å²) in [5.41, 5.74) is 2.96. The molecule has 4 rings (SSSR count). The monoisotopic (exact) mass is 614 g/mol. The van der Waals surface area contributed by atoms with Crippen LogP contribution in [0, 0.1) is 6.92 Å². The van der Waals surface area contributed by atoms with Gasteiger partial charge in [-0.15, -0.1) is 0 Å². The number of ether oxygens (including phenoxy) is 3. The van der Waals surface area contributed by atoms with Gasteiger partial charge in [-0.2, -0.15) is 0 Å². The van der Waals surface area contributed by atoms with Gasteiger partial charge in [-0.05, 0) is 73.0 Å². The zero-order chi connectivity index (χ0) is 28.3. The van der Waals surface area contributed by atoms with Crippen LogP contribution in [0.3, 0.4) is 0 Å². The number of thiazole rings is 1. The zero-order valence-electron chi connectivity index (χ0n) is 21.8. The van der Waals surface area contributed by atoms with Crippen LogP contribution in [0.2, 0.25) is 0 Å². The van der Waals surface area contributed by atoms with Crippen LogP contribution >= 0.6 is 27.3 Å². The van der Waals surface area contributed by atoms with Gasteiger partial charge in [0.05, 0.1) is 39.5 Å². The van der Waals surface area contributed by atoms with Gasteiger partial charge in [0.15, 0.2) is 22.9 Å². The zero-order valence-corrected chi connectivity index (χ0v) is 24.2. The Balaban J connectivity index is 1.88. The van der Waals surface area contributed by atoms with Crippen LogP contribution in [0.5, 0.6) is 11.5 Å². The summed E-state index contributed by atoms with van der Waals surface area (Å²) in [4.78, 5) is 42.9. The lowest BCUT2D eigenvalue weighted by Gasteiger charge is -2.24. The van der Waals surface area contributed by atoms with Gasteiger partial charge >= 0.3 is 11.9 Å². The summed E-state index contributed by atoms with van der Waals surface area (Å²) in [7, 11) is 0. The lowest BCUT2D eigenvalue weighted by molar-refractivity contribution is -0.140. The maximum atomic E-state index is 13.8. The molecule has 0 amide bonds. The molecule has 1 N–H and O–H groups in total. The molecule has 0 saturated carbocycles. The second kappa shape index (κ2) is 12.0. The molecule has 204 valence electrons. The van der Waals surface area contributed by atoms with Gasteiger partial charge in [0, 0.05) is 0 Å². The first-order valence-corrected chi connectivity index (χ1v) is 13.8. The van der Waals surface area contributed by atoms with Crippen LogP contribution in [0.15, 0.2) is 61.9 Å². The predicted molar refractivity (Wildman–Crippen MR) is 150 cm³/mol. The highest BCUT2D eigenvalue weighted by Gasteiger charge is 2.33. The average Bonchev–Trinajstić information content (AvgIpc) is 3.17. The third-order valence-electron chi connectivity index (χ3n) is 5.88. The van der Waals surface area contributed by atoms with Crippen LogP contribution in [0.25, 0.3) is 6.08 Å². The smallest absolute Gasteiger partial charge is 0.341 e. The largest absolute Gasteiger partial charge is 0.490 e. The van der Waals surface area contributed by atoms with Gasteiger partial charge in [-0.25, -0.2) is 14.6 Å². The summed E-state index contributed by atoms with van der Waals surface area (Å²) in [6.07, 6.45) is 1.70. The van der Waals surface area contributed by atoms with Crippen LogP contribution < -0.4 is 24.4 Å². The molecule has 1 atom stereocenters. The Bertz CT molecular complexity index is 1640. The lowest BCUT2D eigenvalue weighted by atomic mass is 9.95. The Morgan fingerprint density at radius 3 is 2.49 bits per heavy atom. The molecule has 0 unspecified atom stereocenters. The number of allylic oxidation sites excluding steroid dienone is 1. The van der Waals surface area contributed by atoms with Crippen molar-refractivity contribution in [1.82, 2.24) is 4.57 Å². The molecule has 2 heterocycles. The number of halogens is 1. The lowest BCUT2D eigenvalue weighted by Crippen LogP contribution is -2.39. The Labute approximate surface area is 236 Å². The van der Waals surface area contributed by atoms with Crippen LogP contribution in [-0.2, 0) is 14.3 Å². The van der Waals surface area contributed by atoms with Gasteiger partial charge in [0.25, 0.3) is 5.56 Å². The highest BCUT2D eigenvalue weighted by atomic mass is 79.9. The molecule has 1 aromatic heterocycles. The summed E-state index contributed by atoms with van der Waals surface area (Å²) < 4.78 is 18.8. The number of hydrogen-bond acceptors (Lipinski definition) is 8. The maximum absolute atomic E-state index is 13.8. The summed E-state index contributed by atoms with van der Waals surface area (Å²) >= 11 is 4.63. The summed E-state index contributed by atoms with van der Waals surface area (Å²) in [5, 5.41) is 9.00. The van der Waals surface area contributed by atoms with Crippen molar-refractivity contribution in [2.24, 2.45) is 4.99 Å². The standard InChI is InChI=1S/C28H27BrN2O7S/c1-5-36-20-12-17(11-19(29)25(20)38-14-22(32)33)13-21-26(34)31-24(18-9-7-15(3)8-10-18)23(27(35)37-6-2)16(4)30-28(31)39-21/h7-13,24H,5-6,14H2,1-4H3,(H,32,33)/b21-13+/t24-/m0/s1. The minimum Gasteiger partial charge on any atom is -0.490 e. The third kappa shape index (κ3) is 5.99. The van der Waals surface area contributed by atoms with Gasteiger partial charge < -0.3 is 19.3 Å². The summed E-state index contributed by atoms with van der Waals surface area (Å²) in [6.45, 7) is 7.24. The quantitative estimate of drug-likeness (QED) is 0.365. The molecule has 3 aromatic rings. The Kier molecular flexibility index (Phi) is 8.71. The Hall–Kier alpha value is -3.70. The minimum atomic E-state index is -1.12. The van der Waals surface area contributed by atoms with E-state index < -0.39 is 24.6 Å². The number of aromatic nitrogens is 1. The normalized spacial score (nSPS) is 15.0. The number of aryl methyl sites for hydroxylation is 1. The van der Waals surface area contributed by atoms with Crippen molar-refractivity contribution in [3.8, 4) is 11.5 Å². The number of carbonyl (C=O) groups is 2. The van der Waals surface area contributed by atoms with E-state index in [2.05, 4.69) is 20.9 Å². The molecule has 39 heavy (non-hydrogen) atoms. The summed E-state index contributed by atoms with van der Waals surface area (Å²) in [5.74, 6) is -1.03. The number of aliphatic carboxylic acids is 1. The number of fused-ring (bicyclic) bond motifs is 1. The average molecular weight is 616 g/mol. The van der Waals surface area contributed by atoms with E-state index >= 15 is 0 Å². The van der Waals surface area contributed by atoms with Crippen molar-refractivity contribution in [1.29, 1.82) is 0 Å². The fraction of sp³-hybridized carbons (Fsp3) is 0.286. The first-order valence-electron chi connectivity index (χ1n) is 12.2. The number of carboxylic acids is 1. The molecule has 1 aliphatic heterocycles. The Morgan fingerprint density at radius 1 is 1.13 bits per heavy atom. The first kappa shape index (κ1) is 28.3. The number of rotatable bonds is 9. The van der Waals surface area contributed by atoms with Gasteiger partial charge in [0.1, 0.15) is 0 Å². The second-order valence-corrected chi connectivity index (χ2v) is 10.5. The summed E-state index contributed by atoms with van der Waals surface area (Å²) in [6, 6.07) is 10.4. The van der Waals surface area contributed by atoms with Crippen LogP contribution in [0.1, 0.15) is 43.5 Å². The molecule has 0 bridgehead atoms. The molecule has 0 fully saturated rings. The molecular weight excluding hydrogens is 588 g/mol. The van der Waals surface area contributed by atoms with Crippen LogP contribution in [0.4, 0.5) is 0 Å². The predicted octanol–water partition coefficient (Wildman–Crippen LogP) is 3.73. The number of benzene rings is 2. The van der Waals surface area contributed by atoms with Gasteiger partial charge in [-0.3, -0.25) is 9.36 Å². The van der Waals surface area contributed by atoms with Crippen molar-refractivity contribution in [3.63, 3.8) is 0 Å². The van der Waals surface area contributed by atoms with Crippen molar-refractivity contribution < 1.29 is 28.9 Å². The number of nitrogens with zero attached hydrogens (tertiary/aromatic N) is 2. The fourth-order valence-electron chi connectivity index (χ4n) is 4.22. The Morgan fingerprint density at radius 2 is 1.85 bits per heavy atom. The van der Waals surface area contributed by atoms with Crippen molar-refractivity contribution in [2.75, 3.05) is 19.8 Å². The van der Waals surface area contributed by atoms with Gasteiger partial charge in [0.2, 0.25) is 0 Å². The van der Waals surface area contributed by atoms with E-state index in [1.54, 1.807) is 39.0 Å². The van der Waals surface area contributed by atoms with E-state index in [0.717, 1.165) is 11.1 Å². The van der Waals surface area contributed by atoms with Crippen LogP contribution in [-0.4, -0.2) is 41.4 Å². The van der Waals surface area contributed by atoms with Crippen molar-refractivity contribution >= 4 is 45.3 Å². The third-order valence-corrected chi connectivity index (χ3v) is 7.45. The SMILES string of the molecule is CCOC(=O)C1=C(C)N=c2s/c(=C/c3cc(Br)c(OCC(=O)O)c(OCC)c3)c(=O)n2[C@H]1c1ccc(C)cc1. The molecule has 0 aliphatic carbocycles. The molecule has 11 heteroatoms. The van der Waals surface area contributed by atoms with Crippen molar-refractivity contribution in [2.45, 2.75) is 33.7 Å². The molecule has 0 radical (unpaired) electrons. The van der Waals surface area contributed by atoms with E-state index in [1.165, 1.54) is 15.9 Å². The number of carboxylic acid groups (broad SMARTS) is 1. The number of esters is 1. The van der Waals surface area contributed by atoms with E-state index in [4.69, 9.17) is 19.3 Å². The highest BCUT2D eigenvalue weighted by Crippen LogP contribution is 2.37. The topological polar surface area (TPSA) is 116 Å². The molecule has 1 aliphatic rings. The second-order valence-electron chi connectivity index (χ2n) is 8.66. The molecule has 0 spiro atoms. The number of carbonyl (C=O) groups excluding carboxylic acids is 1. The van der Waals surface area contributed by atoms with E-state index in [-0.39, 0.29) is 17.9 Å². The van der Waals surface area contributed by atoms with E-state index in [1.807, 2.05) is 31.2 Å². The minimum absolute atomic E-state index is 0.198. The van der Waals surface area contributed by atoms with Crippen molar-refractivity contribution in [3.05, 3.63) is 88.5 Å². The first-order chi connectivity index (χ1) is 18.6. The molecule has 0 saturated heterocycles. The van der Waals surface area contributed by atoms with E-state index in [9.17, 15) is 14.4 Å². The highest BCUT2D eigenvalue weighted by molar-refractivity contribution is 9.10. The molecular formula is C28H27BrN2O7S. The fourth-order valence-corrected chi connectivity index (χ4v) is 5.84. The molecule has 9 nitrogen and oxygen atoms in total. The van der Waals surface area contributed by atoms with E-state index in [0.29, 0.717) is 43.0 Å². The maximum Gasteiger partial charge on any atom is 0.341 e. The number of hydrogen-bond donors (Lipinski definition) is 1.